The van der Waals surface area contributed by atoms with E-state index in [0.29, 0.717) is 0 Å². The molecule has 156 valence electrons. The van der Waals surface area contributed by atoms with E-state index in [1.165, 1.54) is 37.4 Å². The summed E-state index contributed by atoms with van der Waals surface area (Å²) >= 11 is 6.17. The Balaban J connectivity index is 1.90. The van der Waals surface area contributed by atoms with Crippen molar-refractivity contribution in [3.63, 3.8) is 0 Å². The minimum absolute atomic E-state index is 0.00439. The van der Waals surface area contributed by atoms with Gasteiger partial charge in [-0.15, -0.1) is 0 Å². The summed E-state index contributed by atoms with van der Waals surface area (Å²) in [5.74, 6) is -0.607. The molecule has 12 heteroatoms. The van der Waals surface area contributed by atoms with Gasteiger partial charge in [-0.1, -0.05) is 11.6 Å². The van der Waals surface area contributed by atoms with Crippen molar-refractivity contribution in [1.82, 2.24) is 9.97 Å². The van der Waals surface area contributed by atoms with E-state index in [1.54, 1.807) is 0 Å². The van der Waals surface area contributed by atoms with Crippen molar-refractivity contribution in [2.24, 2.45) is 10.7 Å². The molecule has 0 unspecified atom stereocenters. The first-order valence-electron chi connectivity index (χ1n) is 8.45. The minimum atomic E-state index is -4.67. The number of halogens is 4. The van der Waals surface area contributed by atoms with Gasteiger partial charge in [-0.05, 0) is 31.2 Å². The number of hydrogen-bond acceptors (Lipinski definition) is 7. The van der Waals surface area contributed by atoms with Gasteiger partial charge >= 0.3 is 6.18 Å². The monoisotopic (exact) mass is 438 g/mol. The van der Waals surface area contributed by atoms with Crippen LogP contribution in [0.5, 0.6) is 0 Å². The summed E-state index contributed by atoms with van der Waals surface area (Å²) in [7, 11) is 0. The molecule has 0 aliphatic carbocycles. The van der Waals surface area contributed by atoms with Crippen LogP contribution in [0.25, 0.3) is 0 Å². The number of anilines is 1. The number of hydrogen-bond donors (Lipinski definition) is 2. The lowest BCUT2D eigenvalue weighted by Crippen LogP contribution is -2.46. The molecule has 30 heavy (non-hydrogen) atoms. The summed E-state index contributed by atoms with van der Waals surface area (Å²) in [5.41, 5.74) is 4.22. The summed E-state index contributed by atoms with van der Waals surface area (Å²) in [6.07, 6.45) is -6.22. The average molecular weight is 439 g/mol. The van der Waals surface area contributed by atoms with Crippen LogP contribution in [-0.4, -0.2) is 34.2 Å². The highest BCUT2D eigenvalue weighted by atomic mass is 35.5. The lowest BCUT2D eigenvalue weighted by molar-refractivity contribution is -0.208. The molecule has 0 saturated heterocycles. The number of aliphatic imine (C=N–C) groups is 1. The van der Waals surface area contributed by atoms with E-state index in [-0.39, 0.29) is 27.8 Å². The van der Waals surface area contributed by atoms with Crippen molar-refractivity contribution >= 4 is 29.3 Å². The van der Waals surface area contributed by atoms with Crippen LogP contribution in [0.15, 0.2) is 35.5 Å². The number of rotatable bonds is 3. The fraction of sp³-hybridized carbons (Fsp3) is 0.278. The first-order chi connectivity index (χ1) is 14.0. The number of ether oxygens (including phenoxy) is 1. The molecule has 0 fully saturated rings. The van der Waals surface area contributed by atoms with Gasteiger partial charge in [0, 0.05) is 12.6 Å². The fourth-order valence-corrected chi connectivity index (χ4v) is 3.17. The molecule has 0 bridgehead atoms. The van der Waals surface area contributed by atoms with E-state index in [2.05, 4.69) is 25.0 Å². The van der Waals surface area contributed by atoms with Crippen LogP contribution in [0.3, 0.4) is 0 Å². The lowest BCUT2D eigenvalue weighted by Gasteiger charge is -2.35. The molecule has 0 spiro atoms. The Morgan fingerprint density at radius 3 is 2.73 bits per heavy atom. The molecule has 1 amide bonds. The molecule has 8 nitrogen and oxygen atoms in total. The number of amides is 1. The highest BCUT2D eigenvalue weighted by molar-refractivity contribution is 6.31. The summed E-state index contributed by atoms with van der Waals surface area (Å²) < 4.78 is 44.2. The minimum Gasteiger partial charge on any atom is -0.452 e. The highest BCUT2D eigenvalue weighted by Gasteiger charge is 2.50. The molecule has 2 aromatic heterocycles. The lowest BCUT2D eigenvalue weighted by atomic mass is 9.89. The van der Waals surface area contributed by atoms with Gasteiger partial charge < -0.3 is 15.8 Å². The molecule has 0 radical (unpaired) electrons. The van der Waals surface area contributed by atoms with Gasteiger partial charge in [-0.3, -0.25) is 4.79 Å². The molecule has 0 aromatic carbocycles. The van der Waals surface area contributed by atoms with Crippen LogP contribution in [0, 0.1) is 11.3 Å². The van der Waals surface area contributed by atoms with E-state index in [9.17, 15) is 18.0 Å². The molecule has 0 saturated carbocycles. The number of alkyl halides is 3. The third-order valence-electron chi connectivity index (χ3n) is 4.29. The van der Waals surface area contributed by atoms with Crippen LogP contribution in [0.2, 0.25) is 5.02 Å². The molecule has 3 rings (SSSR count). The predicted octanol–water partition coefficient (Wildman–Crippen LogP) is 3.14. The Labute approximate surface area is 173 Å². The SMILES string of the molecule is C[C@]1(c2nc(NC(=O)c3ccc(C#N)cn3)ccc2Cl)C[C@@H](C(F)(F)F)OC(N)=N1. The van der Waals surface area contributed by atoms with E-state index in [1.807, 2.05) is 6.07 Å². The number of nitriles is 1. The standard InChI is InChI=1S/C18H14ClF3N6O2/c1-17(6-12(18(20,21)22)30-16(24)28-17)14-10(19)3-5-13(26-14)27-15(29)11-4-2-9(7-23)8-25-11/h2-5,8,12H,6H2,1H3,(H2,24,28)(H,26,27,29)/t12-,17+/m0/s1. The Kier molecular flexibility index (Phi) is 5.54. The zero-order chi connectivity index (χ0) is 22.1. The largest absolute Gasteiger partial charge is 0.452 e. The summed E-state index contributed by atoms with van der Waals surface area (Å²) in [6.45, 7) is 1.39. The van der Waals surface area contributed by atoms with Crippen molar-refractivity contribution in [2.75, 3.05) is 5.32 Å². The third kappa shape index (κ3) is 4.44. The zero-order valence-corrected chi connectivity index (χ0v) is 16.1. The van der Waals surface area contributed by atoms with Gasteiger partial charge in [0.25, 0.3) is 11.9 Å². The Morgan fingerprint density at radius 2 is 2.13 bits per heavy atom. The van der Waals surface area contributed by atoms with Crippen LogP contribution in [-0.2, 0) is 10.3 Å². The first kappa shape index (κ1) is 21.3. The highest BCUT2D eigenvalue weighted by Crippen LogP contribution is 2.41. The van der Waals surface area contributed by atoms with Crippen molar-refractivity contribution in [3.8, 4) is 6.07 Å². The van der Waals surface area contributed by atoms with E-state index < -0.39 is 36.2 Å². The molecule has 2 atom stereocenters. The van der Waals surface area contributed by atoms with Gasteiger partial charge in [0.1, 0.15) is 23.1 Å². The number of nitrogens with one attached hydrogen (secondary N) is 1. The molecular formula is C18H14ClF3N6O2. The molecule has 1 aliphatic heterocycles. The van der Waals surface area contributed by atoms with Gasteiger partial charge in [0.05, 0.1) is 16.3 Å². The third-order valence-corrected chi connectivity index (χ3v) is 4.60. The average Bonchev–Trinajstić information content (AvgIpc) is 2.68. The Hall–Kier alpha value is -3.39. The number of nitrogens with two attached hydrogens (primary N) is 1. The number of nitrogens with zero attached hydrogens (tertiary/aromatic N) is 4. The number of amidine groups is 1. The van der Waals surface area contributed by atoms with Gasteiger partial charge in [0.2, 0.25) is 0 Å². The van der Waals surface area contributed by atoms with Gasteiger partial charge in [0.15, 0.2) is 6.10 Å². The van der Waals surface area contributed by atoms with E-state index >= 15 is 0 Å². The normalized spacial score (nSPS) is 21.2. The van der Waals surface area contributed by atoms with Crippen molar-refractivity contribution < 1.29 is 22.7 Å². The fourth-order valence-electron chi connectivity index (χ4n) is 2.86. The molecule has 3 N–H and O–H groups in total. The van der Waals surface area contributed by atoms with Gasteiger partial charge in [-0.25, -0.2) is 15.0 Å². The number of aromatic nitrogens is 2. The number of carbonyl (C=O) groups excluding carboxylic acids is 1. The van der Waals surface area contributed by atoms with Gasteiger partial charge in [-0.2, -0.15) is 18.4 Å². The second-order valence-electron chi connectivity index (χ2n) is 6.60. The quantitative estimate of drug-likeness (QED) is 0.758. The molecular weight excluding hydrogens is 425 g/mol. The Morgan fingerprint density at radius 1 is 1.40 bits per heavy atom. The van der Waals surface area contributed by atoms with E-state index in [4.69, 9.17) is 22.6 Å². The van der Waals surface area contributed by atoms with Crippen molar-refractivity contribution in [2.45, 2.75) is 31.2 Å². The van der Waals surface area contributed by atoms with Crippen LogP contribution >= 0.6 is 11.6 Å². The first-order valence-corrected chi connectivity index (χ1v) is 8.83. The number of pyridine rings is 2. The van der Waals surface area contributed by atoms with E-state index in [0.717, 1.165) is 0 Å². The predicted molar refractivity (Wildman–Crippen MR) is 101 cm³/mol. The molecule has 1 aliphatic rings. The number of carbonyl (C=O) groups is 1. The smallest absolute Gasteiger partial charge is 0.425 e. The maximum Gasteiger partial charge on any atom is 0.425 e. The zero-order valence-electron chi connectivity index (χ0n) is 15.4. The maximum atomic E-state index is 13.2. The summed E-state index contributed by atoms with van der Waals surface area (Å²) in [6, 6.07) is 6.76. The van der Waals surface area contributed by atoms with Crippen LogP contribution in [0.4, 0.5) is 19.0 Å². The Bertz CT molecular complexity index is 1050. The van der Waals surface area contributed by atoms with Crippen LogP contribution in [0.1, 0.15) is 35.1 Å². The summed E-state index contributed by atoms with van der Waals surface area (Å²) in [5, 5.41) is 11.3. The summed E-state index contributed by atoms with van der Waals surface area (Å²) in [4.78, 5) is 24.4. The molecule has 2 aromatic rings. The van der Waals surface area contributed by atoms with Crippen molar-refractivity contribution in [3.05, 3.63) is 52.4 Å². The molecule has 3 heterocycles. The maximum absolute atomic E-state index is 13.2. The van der Waals surface area contributed by atoms with Crippen LogP contribution < -0.4 is 11.1 Å². The second-order valence-corrected chi connectivity index (χ2v) is 7.01. The topological polar surface area (TPSA) is 126 Å². The van der Waals surface area contributed by atoms with Crippen molar-refractivity contribution in [1.29, 1.82) is 5.26 Å². The second kappa shape index (κ2) is 7.79.